The van der Waals surface area contributed by atoms with Crippen LogP contribution in [-0.4, -0.2) is 12.5 Å². The Labute approximate surface area is 151 Å². The Morgan fingerprint density at radius 2 is 1.88 bits per heavy atom. The highest BCUT2D eigenvalue weighted by atomic mass is 35.5. The molecular formula is C18H16Cl2N2O2. The molecule has 0 spiro atoms. The minimum Gasteiger partial charge on any atom is -0.489 e. The Kier molecular flexibility index (Phi) is 6.92. The topological polar surface area (TPSA) is 62.1 Å². The van der Waals surface area contributed by atoms with Crippen LogP contribution in [-0.2, 0) is 17.8 Å². The van der Waals surface area contributed by atoms with Gasteiger partial charge in [0.25, 0.3) is 0 Å². The largest absolute Gasteiger partial charge is 0.489 e. The van der Waals surface area contributed by atoms with Gasteiger partial charge in [-0.05, 0) is 36.2 Å². The molecule has 24 heavy (non-hydrogen) atoms. The molecule has 0 saturated carbocycles. The number of halogens is 2. The lowest BCUT2D eigenvalue weighted by Crippen LogP contribution is -2.24. The van der Waals surface area contributed by atoms with Crippen LogP contribution in [0.25, 0.3) is 0 Å². The van der Waals surface area contributed by atoms with Crippen molar-refractivity contribution >= 4 is 29.1 Å². The molecule has 0 aliphatic carbocycles. The number of nitrogens with one attached hydrogen (secondary N) is 1. The molecule has 0 radical (unpaired) electrons. The first kappa shape index (κ1) is 18.1. The second kappa shape index (κ2) is 9.17. The summed E-state index contributed by atoms with van der Waals surface area (Å²) in [6.45, 7) is 0.751. The number of nitriles is 1. The van der Waals surface area contributed by atoms with Crippen molar-refractivity contribution in [1.29, 1.82) is 5.26 Å². The van der Waals surface area contributed by atoms with E-state index >= 15 is 0 Å². The molecule has 0 unspecified atom stereocenters. The van der Waals surface area contributed by atoms with E-state index < -0.39 is 0 Å². The Hall–Kier alpha value is -2.22. The number of nitrogens with zero attached hydrogens (tertiary/aromatic N) is 1. The minimum absolute atomic E-state index is 0.123. The number of hydrogen-bond acceptors (Lipinski definition) is 3. The van der Waals surface area contributed by atoms with E-state index in [2.05, 4.69) is 5.32 Å². The van der Waals surface area contributed by atoms with Crippen LogP contribution in [0.3, 0.4) is 0 Å². The van der Waals surface area contributed by atoms with E-state index in [1.807, 2.05) is 30.3 Å². The van der Waals surface area contributed by atoms with Crippen molar-refractivity contribution in [3.63, 3.8) is 0 Å². The third kappa shape index (κ3) is 5.45. The highest BCUT2D eigenvalue weighted by Crippen LogP contribution is 2.26. The lowest BCUT2D eigenvalue weighted by Gasteiger charge is -2.11. The van der Waals surface area contributed by atoms with E-state index in [0.29, 0.717) is 28.8 Å². The van der Waals surface area contributed by atoms with Crippen LogP contribution in [0.15, 0.2) is 42.5 Å². The van der Waals surface area contributed by atoms with Crippen LogP contribution in [0.5, 0.6) is 5.75 Å². The Bertz CT molecular complexity index is 737. The number of carbonyl (C=O) groups is 1. The summed E-state index contributed by atoms with van der Waals surface area (Å²) in [7, 11) is 0. The average Bonchev–Trinajstić information content (AvgIpc) is 2.55. The minimum atomic E-state index is -0.265. The van der Waals surface area contributed by atoms with Crippen LogP contribution in [0.4, 0.5) is 0 Å². The second-order valence-electron chi connectivity index (χ2n) is 5.07. The second-order valence-corrected chi connectivity index (χ2v) is 5.89. The number of ether oxygens (including phenoxy) is 1. The van der Waals surface area contributed by atoms with E-state index in [-0.39, 0.29) is 18.9 Å². The number of benzene rings is 2. The highest BCUT2D eigenvalue weighted by Gasteiger charge is 2.07. The fraction of sp³-hybridized carbons (Fsp3) is 0.222. The van der Waals surface area contributed by atoms with Gasteiger partial charge in [-0.2, -0.15) is 5.26 Å². The predicted molar refractivity (Wildman–Crippen MR) is 94.2 cm³/mol. The van der Waals surface area contributed by atoms with Crippen LogP contribution in [0, 0.1) is 11.3 Å². The first-order valence-corrected chi connectivity index (χ1v) is 8.14. The van der Waals surface area contributed by atoms with Crippen molar-refractivity contribution < 1.29 is 9.53 Å². The zero-order valence-corrected chi connectivity index (χ0v) is 14.4. The molecule has 6 heteroatoms. The molecule has 2 aromatic carbocycles. The van der Waals surface area contributed by atoms with E-state index in [0.717, 1.165) is 11.1 Å². The maximum atomic E-state index is 11.2. The van der Waals surface area contributed by atoms with E-state index in [1.54, 1.807) is 18.2 Å². The molecule has 0 aliphatic heterocycles. The van der Waals surface area contributed by atoms with Gasteiger partial charge in [-0.1, -0.05) is 41.4 Å². The van der Waals surface area contributed by atoms with E-state index in [4.69, 9.17) is 33.2 Å². The molecule has 124 valence electrons. The molecule has 0 aliphatic rings. The molecular weight excluding hydrogens is 347 g/mol. The normalized spacial score (nSPS) is 10.0. The Morgan fingerprint density at radius 3 is 2.58 bits per heavy atom. The maximum absolute atomic E-state index is 11.2. The zero-order chi connectivity index (χ0) is 17.4. The maximum Gasteiger partial charge on any atom is 0.234 e. The summed E-state index contributed by atoms with van der Waals surface area (Å²) in [5.41, 5.74) is 1.77. The van der Waals surface area contributed by atoms with Crippen molar-refractivity contribution in [2.75, 3.05) is 6.54 Å². The van der Waals surface area contributed by atoms with E-state index in [1.165, 1.54) is 0 Å². The van der Waals surface area contributed by atoms with E-state index in [9.17, 15) is 4.79 Å². The molecule has 2 rings (SSSR count). The summed E-state index contributed by atoms with van der Waals surface area (Å²) in [6, 6.07) is 14.7. The first-order chi connectivity index (χ1) is 11.6. The summed E-state index contributed by atoms with van der Waals surface area (Å²) >= 11 is 12.2. The third-order valence-electron chi connectivity index (χ3n) is 3.32. The van der Waals surface area contributed by atoms with Gasteiger partial charge in [0.2, 0.25) is 5.91 Å². The summed E-state index contributed by atoms with van der Waals surface area (Å²) in [6.07, 6.45) is 0.531. The van der Waals surface area contributed by atoms with Crippen molar-refractivity contribution in [2.24, 2.45) is 0 Å². The molecule has 1 amide bonds. The number of rotatable bonds is 7. The molecule has 0 bridgehead atoms. The quantitative estimate of drug-likeness (QED) is 0.804. The van der Waals surface area contributed by atoms with Crippen molar-refractivity contribution in [3.05, 3.63) is 63.6 Å². The van der Waals surface area contributed by atoms with Gasteiger partial charge in [0.05, 0.1) is 6.07 Å². The molecule has 0 aromatic heterocycles. The van der Waals surface area contributed by atoms with Gasteiger partial charge in [0.1, 0.15) is 18.8 Å². The van der Waals surface area contributed by atoms with Gasteiger partial charge in [-0.3, -0.25) is 4.79 Å². The molecule has 0 heterocycles. The molecule has 0 atom stereocenters. The van der Waals surface area contributed by atoms with Crippen LogP contribution < -0.4 is 10.1 Å². The van der Waals surface area contributed by atoms with Gasteiger partial charge in [-0.25, -0.2) is 0 Å². The fourth-order valence-corrected chi connectivity index (χ4v) is 2.60. The standard InChI is InChI=1S/C18H16Cl2N2O2/c19-16-5-2-6-17(20)15(16)12-24-14-4-1-3-13(11-14)8-10-22-18(23)7-9-21/h1-6,11H,7-8,10,12H2,(H,22,23). The summed E-state index contributed by atoms with van der Waals surface area (Å²) in [5, 5.41) is 12.3. The zero-order valence-electron chi connectivity index (χ0n) is 12.9. The molecule has 0 saturated heterocycles. The Morgan fingerprint density at radius 1 is 1.17 bits per heavy atom. The van der Waals surface area contributed by atoms with Crippen molar-refractivity contribution in [3.8, 4) is 11.8 Å². The van der Waals surface area contributed by atoms with Gasteiger partial charge < -0.3 is 10.1 Å². The van der Waals surface area contributed by atoms with Crippen LogP contribution in [0.2, 0.25) is 10.0 Å². The number of amides is 1. The monoisotopic (exact) mass is 362 g/mol. The first-order valence-electron chi connectivity index (χ1n) is 7.38. The smallest absolute Gasteiger partial charge is 0.234 e. The predicted octanol–water partition coefficient (Wildman–Crippen LogP) is 4.14. The average molecular weight is 363 g/mol. The number of hydrogen-bond donors (Lipinski definition) is 1. The highest BCUT2D eigenvalue weighted by molar-refractivity contribution is 6.35. The molecule has 1 N–H and O–H groups in total. The van der Waals surface area contributed by atoms with Gasteiger partial charge in [-0.15, -0.1) is 0 Å². The van der Waals surface area contributed by atoms with Gasteiger partial charge in [0, 0.05) is 22.2 Å². The number of carbonyl (C=O) groups excluding carboxylic acids is 1. The van der Waals surface area contributed by atoms with Gasteiger partial charge >= 0.3 is 0 Å². The summed E-state index contributed by atoms with van der Waals surface area (Å²) in [4.78, 5) is 11.2. The van der Waals surface area contributed by atoms with Crippen molar-refractivity contribution in [2.45, 2.75) is 19.4 Å². The van der Waals surface area contributed by atoms with Gasteiger partial charge in [0.15, 0.2) is 0 Å². The fourth-order valence-electron chi connectivity index (χ4n) is 2.10. The third-order valence-corrected chi connectivity index (χ3v) is 4.03. The lowest BCUT2D eigenvalue weighted by molar-refractivity contribution is -0.120. The summed E-state index contributed by atoms with van der Waals surface area (Å²) < 4.78 is 5.76. The lowest BCUT2D eigenvalue weighted by atomic mass is 10.1. The molecule has 0 fully saturated rings. The van der Waals surface area contributed by atoms with Crippen LogP contribution in [0.1, 0.15) is 17.5 Å². The SMILES string of the molecule is N#CCC(=O)NCCc1cccc(OCc2c(Cl)cccc2Cl)c1. The van der Waals surface area contributed by atoms with Crippen molar-refractivity contribution in [1.82, 2.24) is 5.32 Å². The van der Waals surface area contributed by atoms with Crippen LogP contribution >= 0.6 is 23.2 Å². The molecule has 2 aromatic rings. The molecule has 4 nitrogen and oxygen atoms in total. The summed E-state index contributed by atoms with van der Waals surface area (Å²) in [5.74, 6) is 0.435. The Balaban J connectivity index is 1.91.